The monoisotopic (exact) mass is 433 g/mol. The normalized spacial score (nSPS) is 10.4. The molecular formula is C22H25ClFN3O3. The molecule has 0 fully saturated rings. The molecule has 0 bridgehead atoms. The van der Waals surface area contributed by atoms with Crippen LogP contribution >= 0.6 is 11.6 Å². The fourth-order valence-corrected chi connectivity index (χ4v) is 2.84. The Morgan fingerprint density at radius 3 is 2.30 bits per heavy atom. The quantitative estimate of drug-likeness (QED) is 0.565. The fraction of sp³-hybridized carbons (Fsp3) is 0.318. The second-order valence-corrected chi connectivity index (χ2v) is 7.11. The zero-order valence-corrected chi connectivity index (χ0v) is 17.5. The molecule has 0 atom stereocenters. The molecule has 2 N–H and O–H groups in total. The van der Waals surface area contributed by atoms with Crippen LogP contribution in [0.3, 0.4) is 0 Å². The number of nitrogens with zero attached hydrogens (tertiary/aromatic N) is 1. The molecule has 0 saturated carbocycles. The van der Waals surface area contributed by atoms with Crippen molar-refractivity contribution in [2.75, 3.05) is 19.6 Å². The van der Waals surface area contributed by atoms with Crippen LogP contribution in [-0.4, -0.2) is 42.3 Å². The van der Waals surface area contributed by atoms with Crippen molar-refractivity contribution in [2.24, 2.45) is 0 Å². The first-order chi connectivity index (χ1) is 14.4. The highest BCUT2D eigenvalue weighted by Gasteiger charge is 2.15. The molecule has 0 heterocycles. The molecule has 0 radical (unpaired) electrons. The molecule has 160 valence electrons. The Labute approximate surface area is 180 Å². The van der Waals surface area contributed by atoms with E-state index in [-0.39, 0.29) is 43.0 Å². The molecule has 2 aromatic rings. The zero-order valence-electron chi connectivity index (χ0n) is 16.8. The van der Waals surface area contributed by atoms with Crippen LogP contribution in [0.15, 0.2) is 48.5 Å². The largest absolute Gasteiger partial charge is 0.352 e. The van der Waals surface area contributed by atoms with Gasteiger partial charge in [0.15, 0.2) is 0 Å². The topological polar surface area (TPSA) is 78.5 Å². The van der Waals surface area contributed by atoms with Crippen molar-refractivity contribution in [3.8, 4) is 0 Å². The van der Waals surface area contributed by atoms with Gasteiger partial charge >= 0.3 is 0 Å². The van der Waals surface area contributed by atoms with Crippen LogP contribution in [0.25, 0.3) is 0 Å². The summed E-state index contributed by atoms with van der Waals surface area (Å²) in [6.07, 6.45) is 0.686. The SMILES string of the molecule is CCN(CC(=O)NCc1ccc(F)cc1)C(=O)CCCNC(=O)c1ccc(Cl)cc1. The number of hydrogen-bond donors (Lipinski definition) is 2. The molecule has 6 nitrogen and oxygen atoms in total. The number of benzene rings is 2. The first-order valence-corrected chi connectivity index (χ1v) is 10.1. The average Bonchev–Trinajstić information content (AvgIpc) is 2.74. The summed E-state index contributed by atoms with van der Waals surface area (Å²) in [5.41, 5.74) is 1.27. The van der Waals surface area contributed by atoms with E-state index in [1.54, 1.807) is 43.3 Å². The minimum absolute atomic E-state index is 0.0480. The average molecular weight is 434 g/mol. The van der Waals surface area contributed by atoms with Crippen LogP contribution in [0, 0.1) is 5.82 Å². The Balaban J connectivity index is 1.69. The molecule has 2 rings (SSSR count). The van der Waals surface area contributed by atoms with Crippen molar-refractivity contribution >= 4 is 29.3 Å². The summed E-state index contributed by atoms with van der Waals surface area (Å²) in [5.74, 6) is -1.01. The van der Waals surface area contributed by atoms with Gasteiger partial charge < -0.3 is 15.5 Å². The van der Waals surface area contributed by atoms with Gasteiger partial charge in [-0.2, -0.15) is 0 Å². The van der Waals surface area contributed by atoms with Crippen LogP contribution in [0.1, 0.15) is 35.7 Å². The standard InChI is InChI=1S/C22H25ClFN3O3/c1-2-27(15-20(28)26-14-16-5-11-19(24)12-6-16)21(29)4-3-13-25-22(30)17-7-9-18(23)10-8-17/h5-12H,2-4,13-15H2,1H3,(H,25,30)(H,26,28). The second-order valence-electron chi connectivity index (χ2n) is 6.68. The Morgan fingerprint density at radius 1 is 1.00 bits per heavy atom. The highest BCUT2D eigenvalue weighted by molar-refractivity contribution is 6.30. The lowest BCUT2D eigenvalue weighted by Gasteiger charge is -2.20. The van der Waals surface area contributed by atoms with Gasteiger partial charge in [-0.3, -0.25) is 14.4 Å². The molecule has 30 heavy (non-hydrogen) atoms. The Bertz CT molecular complexity index is 857. The molecule has 0 aromatic heterocycles. The summed E-state index contributed by atoms with van der Waals surface area (Å²) in [6, 6.07) is 12.4. The van der Waals surface area contributed by atoms with Crippen molar-refractivity contribution < 1.29 is 18.8 Å². The van der Waals surface area contributed by atoms with Gasteiger partial charge in [0.25, 0.3) is 5.91 Å². The molecule has 0 aliphatic rings. The maximum absolute atomic E-state index is 12.9. The van der Waals surface area contributed by atoms with Gasteiger partial charge in [-0.05, 0) is 55.3 Å². The summed E-state index contributed by atoms with van der Waals surface area (Å²) in [7, 11) is 0. The van der Waals surface area contributed by atoms with E-state index in [4.69, 9.17) is 11.6 Å². The van der Waals surface area contributed by atoms with Gasteiger partial charge in [0.05, 0.1) is 6.54 Å². The van der Waals surface area contributed by atoms with Crippen LogP contribution in [0.2, 0.25) is 5.02 Å². The number of hydrogen-bond acceptors (Lipinski definition) is 3. The number of carbonyl (C=O) groups is 3. The maximum atomic E-state index is 12.9. The van der Waals surface area contributed by atoms with E-state index in [0.717, 1.165) is 5.56 Å². The minimum Gasteiger partial charge on any atom is -0.352 e. The van der Waals surface area contributed by atoms with Gasteiger partial charge in [-0.1, -0.05) is 23.7 Å². The number of amides is 3. The number of rotatable bonds is 10. The second kappa shape index (κ2) is 11.9. The van der Waals surface area contributed by atoms with E-state index >= 15 is 0 Å². The Hall–Kier alpha value is -2.93. The molecule has 0 aliphatic heterocycles. The summed E-state index contributed by atoms with van der Waals surface area (Å²) in [4.78, 5) is 37.9. The predicted octanol–water partition coefficient (Wildman–Crippen LogP) is 3.15. The smallest absolute Gasteiger partial charge is 0.251 e. The third-order valence-corrected chi connectivity index (χ3v) is 4.68. The van der Waals surface area contributed by atoms with Crippen molar-refractivity contribution in [1.29, 1.82) is 0 Å². The Morgan fingerprint density at radius 2 is 1.67 bits per heavy atom. The lowest BCUT2D eigenvalue weighted by Crippen LogP contribution is -2.40. The third-order valence-electron chi connectivity index (χ3n) is 4.43. The molecule has 2 aromatic carbocycles. The van der Waals surface area contributed by atoms with Gasteiger partial charge in [-0.25, -0.2) is 4.39 Å². The molecular weight excluding hydrogens is 409 g/mol. The van der Waals surface area contributed by atoms with Gasteiger partial charge in [-0.15, -0.1) is 0 Å². The zero-order chi connectivity index (χ0) is 21.9. The summed E-state index contributed by atoms with van der Waals surface area (Å²) in [6.45, 7) is 2.77. The Kier molecular flexibility index (Phi) is 9.28. The lowest BCUT2D eigenvalue weighted by molar-refractivity contribution is -0.136. The first-order valence-electron chi connectivity index (χ1n) is 9.71. The van der Waals surface area contributed by atoms with Crippen LogP contribution in [-0.2, 0) is 16.1 Å². The van der Waals surface area contributed by atoms with Crippen molar-refractivity contribution in [3.63, 3.8) is 0 Å². The number of likely N-dealkylation sites (N-methyl/N-ethyl adjacent to an activating group) is 1. The molecule has 0 spiro atoms. The lowest BCUT2D eigenvalue weighted by atomic mass is 10.2. The highest BCUT2D eigenvalue weighted by Crippen LogP contribution is 2.09. The van der Waals surface area contributed by atoms with E-state index in [9.17, 15) is 18.8 Å². The van der Waals surface area contributed by atoms with Crippen LogP contribution < -0.4 is 10.6 Å². The maximum Gasteiger partial charge on any atom is 0.251 e. The van der Waals surface area contributed by atoms with Crippen molar-refractivity contribution in [1.82, 2.24) is 15.5 Å². The summed E-state index contributed by atoms with van der Waals surface area (Å²) < 4.78 is 12.9. The van der Waals surface area contributed by atoms with E-state index < -0.39 is 0 Å². The van der Waals surface area contributed by atoms with Crippen LogP contribution in [0.5, 0.6) is 0 Å². The fourth-order valence-electron chi connectivity index (χ4n) is 2.71. The molecule has 0 aliphatic carbocycles. The highest BCUT2D eigenvalue weighted by atomic mass is 35.5. The van der Waals surface area contributed by atoms with E-state index in [0.29, 0.717) is 30.1 Å². The van der Waals surface area contributed by atoms with Crippen molar-refractivity contribution in [3.05, 3.63) is 70.5 Å². The summed E-state index contributed by atoms with van der Waals surface area (Å²) in [5, 5.41) is 6.03. The van der Waals surface area contributed by atoms with Gasteiger partial charge in [0.2, 0.25) is 11.8 Å². The molecule has 8 heteroatoms. The number of nitrogens with one attached hydrogen (secondary N) is 2. The number of halogens is 2. The molecule has 0 saturated heterocycles. The van der Waals surface area contributed by atoms with Crippen molar-refractivity contribution in [2.45, 2.75) is 26.3 Å². The minimum atomic E-state index is -0.336. The first kappa shape index (κ1) is 23.3. The molecule has 0 unspecified atom stereocenters. The number of carbonyl (C=O) groups excluding carboxylic acids is 3. The molecule has 3 amide bonds. The van der Waals surface area contributed by atoms with E-state index in [1.165, 1.54) is 17.0 Å². The van der Waals surface area contributed by atoms with E-state index in [1.807, 2.05) is 0 Å². The van der Waals surface area contributed by atoms with Gasteiger partial charge in [0.1, 0.15) is 5.82 Å². The van der Waals surface area contributed by atoms with Gasteiger partial charge in [0, 0.05) is 36.6 Å². The predicted molar refractivity (Wildman–Crippen MR) is 114 cm³/mol. The van der Waals surface area contributed by atoms with Crippen LogP contribution in [0.4, 0.5) is 4.39 Å². The third kappa shape index (κ3) is 7.83. The summed E-state index contributed by atoms with van der Waals surface area (Å²) >= 11 is 5.80. The van der Waals surface area contributed by atoms with E-state index in [2.05, 4.69) is 10.6 Å².